The van der Waals surface area contributed by atoms with Gasteiger partial charge in [-0.15, -0.1) is 0 Å². The third kappa shape index (κ3) is 3.85. The number of nitro benzene ring substituents is 1. The Balaban J connectivity index is 2.09. The highest BCUT2D eigenvalue weighted by Crippen LogP contribution is 2.39. The second kappa shape index (κ2) is 8.00. The minimum atomic E-state index is -0.915. The SMILES string of the molecule is O=C1CCCC(O)=C1C(=O)c1cccc(Oc2ccc(Cl)cc2Cl)c1[N+](=O)[O-]. The Bertz CT molecular complexity index is 1030. The van der Waals surface area contributed by atoms with E-state index < -0.39 is 27.8 Å². The van der Waals surface area contributed by atoms with Crippen molar-refractivity contribution in [2.75, 3.05) is 0 Å². The van der Waals surface area contributed by atoms with Crippen LogP contribution < -0.4 is 4.74 Å². The van der Waals surface area contributed by atoms with Crippen molar-refractivity contribution in [3.05, 3.63) is 73.5 Å². The Hall–Kier alpha value is -2.90. The van der Waals surface area contributed by atoms with Gasteiger partial charge in [0, 0.05) is 17.9 Å². The monoisotopic (exact) mass is 421 g/mol. The second-order valence-corrected chi connectivity index (χ2v) is 6.86. The minimum Gasteiger partial charge on any atom is -0.511 e. The lowest BCUT2D eigenvalue weighted by atomic mass is 9.90. The standard InChI is InChI=1S/C19H13Cl2NO6/c20-10-7-8-15(12(21)9-10)28-16-6-1-3-11(18(16)22(26)27)19(25)17-13(23)4-2-5-14(17)24/h1,3,6-9,23H,2,4-5H2. The molecule has 1 aliphatic rings. The topological polar surface area (TPSA) is 107 Å². The summed E-state index contributed by atoms with van der Waals surface area (Å²) in [5.41, 5.74) is -1.40. The zero-order valence-electron chi connectivity index (χ0n) is 14.3. The van der Waals surface area contributed by atoms with Crippen molar-refractivity contribution >= 4 is 40.5 Å². The van der Waals surface area contributed by atoms with Crippen molar-refractivity contribution in [2.45, 2.75) is 19.3 Å². The van der Waals surface area contributed by atoms with Crippen LogP contribution in [0.5, 0.6) is 11.5 Å². The molecule has 0 radical (unpaired) electrons. The number of aliphatic hydroxyl groups excluding tert-OH is 1. The van der Waals surface area contributed by atoms with Gasteiger partial charge in [0.1, 0.15) is 22.6 Å². The van der Waals surface area contributed by atoms with Gasteiger partial charge in [0.15, 0.2) is 5.78 Å². The molecule has 144 valence electrons. The molecule has 7 nitrogen and oxygen atoms in total. The molecule has 0 aromatic heterocycles. The molecule has 0 atom stereocenters. The van der Waals surface area contributed by atoms with Crippen molar-refractivity contribution < 1.29 is 24.4 Å². The number of carbonyl (C=O) groups excluding carboxylic acids is 2. The summed E-state index contributed by atoms with van der Waals surface area (Å²) in [5, 5.41) is 22.1. The summed E-state index contributed by atoms with van der Waals surface area (Å²) >= 11 is 11.9. The summed E-state index contributed by atoms with van der Waals surface area (Å²) in [6, 6.07) is 8.22. The number of allylic oxidation sites excluding steroid dienone is 2. The van der Waals surface area contributed by atoms with Crippen LogP contribution in [0, 0.1) is 10.1 Å². The summed E-state index contributed by atoms with van der Waals surface area (Å²) in [7, 11) is 0. The number of halogens is 2. The van der Waals surface area contributed by atoms with Crippen LogP contribution in [-0.4, -0.2) is 21.6 Å². The average Bonchev–Trinajstić information content (AvgIpc) is 2.63. The summed E-state index contributed by atoms with van der Waals surface area (Å²) in [6.45, 7) is 0. The van der Waals surface area contributed by atoms with Gasteiger partial charge in [-0.05, 0) is 36.8 Å². The maximum Gasteiger partial charge on any atom is 0.322 e. The Morgan fingerprint density at radius 2 is 1.89 bits per heavy atom. The molecule has 0 unspecified atom stereocenters. The highest BCUT2D eigenvalue weighted by Gasteiger charge is 2.33. The van der Waals surface area contributed by atoms with Crippen LogP contribution in [0.3, 0.4) is 0 Å². The lowest BCUT2D eigenvalue weighted by Crippen LogP contribution is -2.20. The van der Waals surface area contributed by atoms with Gasteiger partial charge in [-0.1, -0.05) is 29.3 Å². The van der Waals surface area contributed by atoms with E-state index in [1.807, 2.05) is 0 Å². The van der Waals surface area contributed by atoms with Crippen LogP contribution in [0.15, 0.2) is 47.7 Å². The molecule has 0 amide bonds. The fraction of sp³-hybridized carbons (Fsp3) is 0.158. The van der Waals surface area contributed by atoms with Crippen LogP contribution in [0.25, 0.3) is 0 Å². The van der Waals surface area contributed by atoms with Crippen LogP contribution in [-0.2, 0) is 4.79 Å². The third-order valence-corrected chi connectivity index (χ3v) is 4.68. The highest BCUT2D eigenvalue weighted by molar-refractivity contribution is 6.35. The van der Waals surface area contributed by atoms with E-state index in [-0.39, 0.29) is 40.7 Å². The van der Waals surface area contributed by atoms with Crippen LogP contribution >= 0.6 is 23.2 Å². The molecule has 0 heterocycles. The van der Waals surface area contributed by atoms with E-state index in [2.05, 4.69) is 0 Å². The van der Waals surface area contributed by atoms with Gasteiger partial charge >= 0.3 is 5.69 Å². The normalized spacial score (nSPS) is 14.1. The predicted molar refractivity (Wildman–Crippen MR) is 102 cm³/mol. The number of hydrogen-bond acceptors (Lipinski definition) is 6. The van der Waals surface area contributed by atoms with E-state index in [1.54, 1.807) is 0 Å². The molecular weight excluding hydrogens is 409 g/mol. The molecule has 0 bridgehead atoms. The first kappa shape index (κ1) is 19.9. The number of carbonyl (C=O) groups is 2. The largest absolute Gasteiger partial charge is 0.511 e. The van der Waals surface area contributed by atoms with Crippen molar-refractivity contribution in [3.63, 3.8) is 0 Å². The van der Waals surface area contributed by atoms with Gasteiger partial charge in [-0.25, -0.2) is 0 Å². The predicted octanol–water partition coefficient (Wildman–Crippen LogP) is 5.44. The fourth-order valence-electron chi connectivity index (χ4n) is 2.87. The summed E-state index contributed by atoms with van der Waals surface area (Å²) in [6.07, 6.45) is 0.675. The van der Waals surface area contributed by atoms with Gasteiger partial charge in [0.05, 0.1) is 9.95 Å². The quantitative estimate of drug-likeness (QED) is 0.298. The number of ether oxygens (including phenoxy) is 1. The van der Waals surface area contributed by atoms with Gasteiger partial charge in [0.25, 0.3) is 0 Å². The Kier molecular flexibility index (Phi) is 5.67. The van der Waals surface area contributed by atoms with Crippen LogP contribution in [0.1, 0.15) is 29.6 Å². The van der Waals surface area contributed by atoms with Gasteiger partial charge in [-0.3, -0.25) is 19.7 Å². The van der Waals surface area contributed by atoms with Crippen molar-refractivity contribution in [1.29, 1.82) is 0 Å². The molecule has 0 fully saturated rings. The second-order valence-electron chi connectivity index (χ2n) is 6.01. The third-order valence-electron chi connectivity index (χ3n) is 4.15. The molecule has 1 aliphatic carbocycles. The zero-order chi connectivity index (χ0) is 20.4. The molecule has 2 aromatic rings. The molecule has 0 saturated carbocycles. The summed E-state index contributed by atoms with van der Waals surface area (Å²) < 4.78 is 5.54. The first-order valence-corrected chi connectivity index (χ1v) is 8.95. The smallest absolute Gasteiger partial charge is 0.322 e. The number of Topliss-reactive ketones (excluding diaryl/α,β-unsaturated/α-hetero) is 2. The number of para-hydroxylation sites is 1. The number of nitro groups is 1. The maximum atomic E-state index is 12.8. The Labute approximate surface area is 169 Å². The van der Waals surface area contributed by atoms with Gasteiger partial charge in [-0.2, -0.15) is 0 Å². The molecule has 28 heavy (non-hydrogen) atoms. The van der Waals surface area contributed by atoms with Crippen molar-refractivity contribution in [1.82, 2.24) is 0 Å². The van der Waals surface area contributed by atoms with Gasteiger partial charge < -0.3 is 9.84 Å². The lowest BCUT2D eigenvalue weighted by molar-refractivity contribution is -0.385. The molecular formula is C19H13Cl2NO6. The highest BCUT2D eigenvalue weighted by atomic mass is 35.5. The number of rotatable bonds is 5. The molecule has 3 rings (SSSR count). The van der Waals surface area contributed by atoms with Crippen LogP contribution in [0.4, 0.5) is 5.69 Å². The van der Waals surface area contributed by atoms with E-state index in [0.717, 1.165) is 0 Å². The van der Waals surface area contributed by atoms with Crippen molar-refractivity contribution in [2.24, 2.45) is 0 Å². The first-order valence-electron chi connectivity index (χ1n) is 8.20. The summed E-state index contributed by atoms with van der Waals surface area (Å²) in [4.78, 5) is 35.8. The molecule has 1 N–H and O–H groups in total. The number of benzene rings is 2. The number of ketones is 2. The van der Waals surface area contributed by atoms with Crippen LogP contribution in [0.2, 0.25) is 10.0 Å². The Morgan fingerprint density at radius 3 is 2.54 bits per heavy atom. The minimum absolute atomic E-state index is 0.0928. The number of nitrogens with zero attached hydrogens (tertiary/aromatic N) is 1. The van der Waals surface area contributed by atoms with E-state index >= 15 is 0 Å². The number of hydrogen-bond donors (Lipinski definition) is 1. The molecule has 0 saturated heterocycles. The lowest BCUT2D eigenvalue weighted by Gasteiger charge is -2.15. The first-order chi connectivity index (χ1) is 13.3. The van der Waals surface area contributed by atoms with E-state index in [9.17, 15) is 24.8 Å². The summed E-state index contributed by atoms with van der Waals surface area (Å²) in [5.74, 6) is -1.95. The van der Waals surface area contributed by atoms with Gasteiger partial charge in [0.2, 0.25) is 11.5 Å². The van der Waals surface area contributed by atoms with E-state index in [0.29, 0.717) is 11.4 Å². The molecule has 2 aromatic carbocycles. The number of aliphatic hydroxyl groups is 1. The van der Waals surface area contributed by atoms with Crippen molar-refractivity contribution in [3.8, 4) is 11.5 Å². The fourth-order valence-corrected chi connectivity index (χ4v) is 3.32. The van der Waals surface area contributed by atoms with E-state index in [1.165, 1.54) is 36.4 Å². The molecule has 0 spiro atoms. The van der Waals surface area contributed by atoms with E-state index in [4.69, 9.17) is 27.9 Å². The average molecular weight is 422 g/mol. The maximum absolute atomic E-state index is 12.8. The Morgan fingerprint density at radius 1 is 1.14 bits per heavy atom. The molecule has 9 heteroatoms. The zero-order valence-corrected chi connectivity index (χ0v) is 15.8. The molecule has 0 aliphatic heterocycles.